The second-order valence-corrected chi connectivity index (χ2v) is 3.27. The Labute approximate surface area is 71.2 Å². The molecule has 2 rings (SSSR count). The van der Waals surface area contributed by atoms with Gasteiger partial charge >= 0.3 is 0 Å². The highest BCUT2D eigenvalue weighted by molar-refractivity contribution is 4.55. The Kier molecular flexibility index (Phi) is 5.42. The summed E-state index contributed by atoms with van der Waals surface area (Å²) in [6.45, 7) is 5.00. The third kappa shape index (κ3) is 5.22. The average molecular weight is 158 g/mol. The Morgan fingerprint density at radius 3 is 1.09 bits per heavy atom. The zero-order valence-electron chi connectivity index (χ0n) is 7.36. The summed E-state index contributed by atoms with van der Waals surface area (Å²) in [5.41, 5.74) is 0. The van der Waals surface area contributed by atoms with Gasteiger partial charge in [-0.3, -0.25) is 0 Å². The molecule has 2 saturated heterocycles. The summed E-state index contributed by atoms with van der Waals surface area (Å²) >= 11 is 0. The minimum atomic E-state index is 0. The maximum absolute atomic E-state index is 3.28. The van der Waals surface area contributed by atoms with Crippen molar-refractivity contribution in [2.45, 2.75) is 32.1 Å². The van der Waals surface area contributed by atoms with Crippen molar-refractivity contribution in [3.8, 4) is 0 Å². The molecule has 0 saturated carbocycles. The molecule has 0 amide bonds. The molecule has 68 valence electrons. The summed E-state index contributed by atoms with van der Waals surface area (Å²) in [5.74, 6) is 0. The molecular weight excluding hydrogens is 136 g/mol. The molecule has 0 aliphatic carbocycles. The van der Waals surface area contributed by atoms with Crippen LogP contribution in [0, 0.1) is 0 Å². The topological polar surface area (TPSA) is 24.1 Å². The van der Waals surface area contributed by atoms with Crippen LogP contribution in [0.2, 0.25) is 0 Å². The predicted molar refractivity (Wildman–Crippen MR) is 50.9 cm³/mol. The fourth-order valence-corrected chi connectivity index (χ4v) is 1.43. The maximum atomic E-state index is 3.28. The molecule has 2 heterocycles. The fraction of sp³-hybridized carbons (Fsp3) is 1.00. The van der Waals surface area contributed by atoms with E-state index < -0.39 is 0 Å². The van der Waals surface area contributed by atoms with Crippen LogP contribution >= 0.6 is 0 Å². The van der Waals surface area contributed by atoms with Crippen molar-refractivity contribution in [2.24, 2.45) is 0 Å². The van der Waals surface area contributed by atoms with Crippen molar-refractivity contribution in [2.75, 3.05) is 26.2 Å². The van der Waals surface area contributed by atoms with E-state index in [-0.39, 0.29) is 1.43 Å². The van der Waals surface area contributed by atoms with Gasteiger partial charge < -0.3 is 10.6 Å². The zero-order valence-corrected chi connectivity index (χ0v) is 7.36. The lowest BCUT2D eigenvalue weighted by Crippen LogP contribution is -2.21. The van der Waals surface area contributed by atoms with Crippen LogP contribution in [0.25, 0.3) is 0 Å². The molecule has 0 atom stereocenters. The first-order valence-corrected chi connectivity index (χ1v) is 4.91. The van der Waals surface area contributed by atoms with Crippen molar-refractivity contribution in [3.05, 3.63) is 0 Å². The van der Waals surface area contributed by atoms with E-state index in [1.165, 1.54) is 58.3 Å². The van der Waals surface area contributed by atoms with Crippen molar-refractivity contribution < 1.29 is 1.43 Å². The lowest BCUT2D eigenvalue weighted by atomic mass is 10.2. The Bertz CT molecular complexity index is 61.5. The van der Waals surface area contributed by atoms with Gasteiger partial charge in [0.25, 0.3) is 0 Å². The molecule has 2 fully saturated rings. The number of hydrogen-bond donors (Lipinski definition) is 2. The molecule has 2 nitrogen and oxygen atoms in total. The summed E-state index contributed by atoms with van der Waals surface area (Å²) in [6, 6.07) is 0. The largest absolute Gasteiger partial charge is 0.317 e. The second kappa shape index (κ2) is 6.62. The van der Waals surface area contributed by atoms with Crippen LogP contribution in [0.5, 0.6) is 0 Å². The lowest BCUT2D eigenvalue weighted by molar-refractivity contribution is 0.520. The van der Waals surface area contributed by atoms with Crippen LogP contribution in [0.3, 0.4) is 0 Å². The smallest absolute Gasteiger partial charge is 0 e. The summed E-state index contributed by atoms with van der Waals surface area (Å²) in [6.07, 6.45) is 6.99. The highest BCUT2D eigenvalue weighted by Crippen LogP contribution is 1.96. The molecule has 11 heavy (non-hydrogen) atoms. The van der Waals surface area contributed by atoms with Crippen molar-refractivity contribution in [1.82, 2.24) is 10.6 Å². The van der Waals surface area contributed by atoms with Gasteiger partial charge in [0.15, 0.2) is 0 Å². The molecule has 0 radical (unpaired) electrons. The molecular formula is C9H22N2. The Morgan fingerprint density at radius 2 is 0.909 bits per heavy atom. The SMILES string of the molecule is C1CCNC1.C1CCNCC1.[HH]. The van der Waals surface area contributed by atoms with Crippen LogP contribution in [0.1, 0.15) is 33.5 Å². The molecule has 2 aliphatic heterocycles. The fourth-order valence-electron chi connectivity index (χ4n) is 1.43. The molecule has 0 bridgehead atoms. The monoisotopic (exact) mass is 158 g/mol. The molecule has 0 spiro atoms. The zero-order chi connectivity index (χ0) is 7.78. The second-order valence-electron chi connectivity index (χ2n) is 3.27. The van der Waals surface area contributed by atoms with Gasteiger partial charge in [0.05, 0.1) is 0 Å². The number of rotatable bonds is 0. The Morgan fingerprint density at radius 1 is 0.545 bits per heavy atom. The first kappa shape index (κ1) is 9.01. The first-order valence-electron chi connectivity index (χ1n) is 4.91. The molecule has 2 N–H and O–H groups in total. The molecule has 2 heteroatoms. The molecule has 0 aromatic rings. The quantitative estimate of drug-likeness (QED) is 0.556. The van der Waals surface area contributed by atoms with E-state index in [2.05, 4.69) is 10.6 Å². The average Bonchev–Trinajstić information content (AvgIpc) is 2.64. The van der Waals surface area contributed by atoms with Crippen LogP contribution in [0.4, 0.5) is 0 Å². The summed E-state index contributed by atoms with van der Waals surface area (Å²) < 4.78 is 0. The van der Waals surface area contributed by atoms with E-state index >= 15 is 0 Å². The van der Waals surface area contributed by atoms with E-state index in [4.69, 9.17) is 0 Å². The summed E-state index contributed by atoms with van der Waals surface area (Å²) in [4.78, 5) is 0. The van der Waals surface area contributed by atoms with Crippen LogP contribution in [0.15, 0.2) is 0 Å². The Hall–Kier alpha value is -0.0800. The van der Waals surface area contributed by atoms with Gasteiger partial charge in [-0.25, -0.2) is 0 Å². The normalized spacial score (nSPS) is 24.0. The maximum Gasteiger partial charge on any atom is 0 e. The predicted octanol–water partition coefficient (Wildman–Crippen LogP) is 1.38. The van der Waals surface area contributed by atoms with E-state index in [1.54, 1.807) is 0 Å². The van der Waals surface area contributed by atoms with Crippen LogP contribution in [-0.4, -0.2) is 26.2 Å². The van der Waals surface area contributed by atoms with Gasteiger partial charge in [-0.1, -0.05) is 6.42 Å². The van der Waals surface area contributed by atoms with Gasteiger partial charge in [0, 0.05) is 1.43 Å². The highest BCUT2D eigenvalue weighted by atomic mass is 14.9. The van der Waals surface area contributed by atoms with E-state index in [1.807, 2.05) is 0 Å². The lowest BCUT2D eigenvalue weighted by Gasteiger charge is -2.08. The standard InChI is InChI=1S/C5H11N.C4H9N.H2/c1-2-4-6-5-3-1;1-2-4-5-3-1;/h6H,1-5H2;5H,1-4H2;1H. The van der Waals surface area contributed by atoms with E-state index in [0.29, 0.717) is 0 Å². The third-order valence-corrected chi connectivity index (χ3v) is 2.16. The highest BCUT2D eigenvalue weighted by Gasteiger charge is 1.94. The molecule has 0 unspecified atom stereocenters. The number of piperidine rings is 1. The van der Waals surface area contributed by atoms with Crippen LogP contribution in [-0.2, 0) is 0 Å². The van der Waals surface area contributed by atoms with Gasteiger partial charge in [-0.15, -0.1) is 0 Å². The van der Waals surface area contributed by atoms with Crippen molar-refractivity contribution in [1.29, 1.82) is 0 Å². The van der Waals surface area contributed by atoms with Crippen molar-refractivity contribution in [3.63, 3.8) is 0 Å². The van der Waals surface area contributed by atoms with Gasteiger partial charge in [0.1, 0.15) is 0 Å². The van der Waals surface area contributed by atoms with Crippen LogP contribution < -0.4 is 10.6 Å². The van der Waals surface area contributed by atoms with Gasteiger partial charge in [0.2, 0.25) is 0 Å². The molecule has 0 aromatic carbocycles. The Balaban J connectivity index is 0.000000189. The first-order chi connectivity index (χ1) is 5.50. The molecule has 0 aromatic heterocycles. The van der Waals surface area contributed by atoms with Crippen molar-refractivity contribution >= 4 is 0 Å². The number of hydrogen-bond acceptors (Lipinski definition) is 2. The third-order valence-electron chi connectivity index (χ3n) is 2.16. The minimum absolute atomic E-state index is 0. The summed E-state index contributed by atoms with van der Waals surface area (Å²) in [7, 11) is 0. The van der Waals surface area contributed by atoms with Gasteiger partial charge in [-0.05, 0) is 51.9 Å². The van der Waals surface area contributed by atoms with E-state index in [9.17, 15) is 0 Å². The molecule has 2 aliphatic rings. The van der Waals surface area contributed by atoms with Gasteiger partial charge in [-0.2, -0.15) is 0 Å². The minimum Gasteiger partial charge on any atom is -0.317 e. The number of nitrogens with one attached hydrogen (secondary N) is 2. The summed E-state index contributed by atoms with van der Waals surface area (Å²) in [5, 5.41) is 6.51. The van der Waals surface area contributed by atoms with E-state index in [0.717, 1.165) is 0 Å².